The number of carbonyl (C=O) groups excluding carboxylic acids is 2. The van der Waals surface area contributed by atoms with E-state index in [0.29, 0.717) is 29.7 Å². The number of ether oxygens (including phenoxy) is 2. The molecule has 0 radical (unpaired) electrons. The van der Waals surface area contributed by atoms with Crippen LogP contribution in [0.25, 0.3) is 0 Å². The van der Waals surface area contributed by atoms with E-state index in [4.69, 9.17) is 21.1 Å². The zero-order valence-corrected chi connectivity index (χ0v) is 22.6. The number of rotatable bonds is 9. The van der Waals surface area contributed by atoms with Gasteiger partial charge in [-0.3, -0.25) is 13.9 Å². The lowest BCUT2D eigenvalue weighted by Gasteiger charge is -2.32. The maximum atomic E-state index is 13.7. The minimum atomic E-state index is -3.84. The summed E-state index contributed by atoms with van der Waals surface area (Å²) in [6, 6.07) is 11.0. The van der Waals surface area contributed by atoms with Gasteiger partial charge < -0.3 is 19.7 Å². The Bertz CT molecular complexity index is 1230. The Labute approximate surface area is 222 Å². The Balaban J connectivity index is 1.59. The average Bonchev–Trinajstić information content (AvgIpc) is 3.38. The predicted molar refractivity (Wildman–Crippen MR) is 141 cm³/mol. The van der Waals surface area contributed by atoms with Crippen LogP contribution in [0.5, 0.6) is 11.5 Å². The summed E-state index contributed by atoms with van der Waals surface area (Å²) in [6.45, 7) is 2.05. The lowest BCUT2D eigenvalue weighted by molar-refractivity contribution is -0.139. The molecule has 0 aromatic heterocycles. The van der Waals surface area contributed by atoms with Gasteiger partial charge in [-0.1, -0.05) is 36.6 Å². The number of carbonyl (C=O) groups is 2. The molecule has 37 heavy (non-hydrogen) atoms. The number of fused-ring (bicyclic) bond motifs is 1. The van der Waals surface area contributed by atoms with Gasteiger partial charge in [0.05, 0.1) is 11.9 Å². The number of anilines is 1. The first-order valence-corrected chi connectivity index (χ1v) is 14.6. The van der Waals surface area contributed by atoms with Crippen LogP contribution in [0.15, 0.2) is 42.5 Å². The van der Waals surface area contributed by atoms with Crippen LogP contribution in [0.1, 0.15) is 38.2 Å². The van der Waals surface area contributed by atoms with Crippen molar-refractivity contribution in [3.63, 3.8) is 0 Å². The summed E-state index contributed by atoms with van der Waals surface area (Å²) in [6.07, 6.45) is 4.99. The summed E-state index contributed by atoms with van der Waals surface area (Å²) in [5.74, 6) is 0.146. The normalized spacial score (nSPS) is 16.2. The SMILES string of the molecule is C[C@H](C(=O)NC1CCCC1)N(Cc1ccc(Cl)cc1)C(=O)CN(c1ccc2c(c1)OCCO2)S(C)(=O)=O. The first-order valence-electron chi connectivity index (χ1n) is 12.3. The maximum Gasteiger partial charge on any atom is 0.244 e. The van der Waals surface area contributed by atoms with Crippen molar-refractivity contribution in [2.75, 3.05) is 30.3 Å². The Morgan fingerprint density at radius 1 is 1.05 bits per heavy atom. The Hall–Kier alpha value is -2.98. The third-order valence-electron chi connectivity index (χ3n) is 6.63. The number of hydrogen-bond acceptors (Lipinski definition) is 6. The summed E-state index contributed by atoms with van der Waals surface area (Å²) < 4.78 is 37.7. The number of benzene rings is 2. The van der Waals surface area contributed by atoms with Crippen LogP contribution in [-0.4, -0.2) is 63.2 Å². The fourth-order valence-corrected chi connectivity index (χ4v) is 5.53. The lowest BCUT2D eigenvalue weighted by Crippen LogP contribution is -2.52. The first-order chi connectivity index (χ1) is 17.6. The van der Waals surface area contributed by atoms with Gasteiger partial charge in [0, 0.05) is 23.7 Å². The molecule has 1 atom stereocenters. The third-order valence-corrected chi connectivity index (χ3v) is 8.02. The minimum absolute atomic E-state index is 0.0904. The number of hydrogen-bond donors (Lipinski definition) is 1. The largest absolute Gasteiger partial charge is 0.486 e. The molecule has 2 aromatic rings. The van der Waals surface area contributed by atoms with Gasteiger partial charge >= 0.3 is 0 Å². The van der Waals surface area contributed by atoms with Crippen LogP contribution >= 0.6 is 11.6 Å². The smallest absolute Gasteiger partial charge is 0.244 e. The van der Waals surface area contributed by atoms with Crippen molar-refractivity contribution in [3.8, 4) is 11.5 Å². The molecule has 2 amide bonds. The van der Waals surface area contributed by atoms with Crippen LogP contribution < -0.4 is 19.1 Å². The molecule has 0 saturated heterocycles. The van der Waals surface area contributed by atoms with Crippen molar-refractivity contribution in [1.82, 2.24) is 10.2 Å². The van der Waals surface area contributed by atoms with Crippen LogP contribution in [0, 0.1) is 0 Å². The van der Waals surface area contributed by atoms with Crippen molar-refractivity contribution >= 4 is 39.1 Å². The summed E-state index contributed by atoms with van der Waals surface area (Å²) in [4.78, 5) is 28.2. The van der Waals surface area contributed by atoms with Crippen LogP contribution in [0.4, 0.5) is 5.69 Å². The second-order valence-electron chi connectivity index (χ2n) is 9.41. The highest BCUT2D eigenvalue weighted by Gasteiger charge is 2.31. The molecule has 11 heteroatoms. The van der Waals surface area contributed by atoms with Gasteiger partial charge in [0.15, 0.2) is 11.5 Å². The highest BCUT2D eigenvalue weighted by molar-refractivity contribution is 7.92. The summed E-state index contributed by atoms with van der Waals surface area (Å²) >= 11 is 6.02. The molecule has 1 fully saturated rings. The van der Waals surface area contributed by atoms with E-state index < -0.39 is 28.5 Å². The van der Waals surface area contributed by atoms with Gasteiger partial charge in [-0.2, -0.15) is 0 Å². The van der Waals surface area contributed by atoms with E-state index in [2.05, 4.69) is 5.32 Å². The van der Waals surface area contributed by atoms with E-state index in [0.717, 1.165) is 41.8 Å². The van der Waals surface area contributed by atoms with Crippen molar-refractivity contribution in [1.29, 1.82) is 0 Å². The topological polar surface area (TPSA) is 105 Å². The Morgan fingerprint density at radius 2 is 1.70 bits per heavy atom. The quantitative estimate of drug-likeness (QED) is 0.514. The average molecular weight is 550 g/mol. The summed E-state index contributed by atoms with van der Waals surface area (Å²) in [5, 5.41) is 3.59. The summed E-state index contributed by atoms with van der Waals surface area (Å²) in [5.41, 5.74) is 1.04. The van der Waals surface area contributed by atoms with E-state index in [1.54, 1.807) is 49.4 Å². The fourth-order valence-electron chi connectivity index (χ4n) is 4.56. The molecule has 0 bridgehead atoms. The van der Waals surface area contributed by atoms with Gasteiger partial charge in [-0.05, 0) is 49.6 Å². The van der Waals surface area contributed by atoms with E-state index in [1.807, 2.05) is 0 Å². The van der Waals surface area contributed by atoms with Gasteiger partial charge in [0.2, 0.25) is 21.8 Å². The predicted octanol–water partition coefficient (Wildman–Crippen LogP) is 3.35. The molecule has 9 nitrogen and oxygen atoms in total. The second-order valence-corrected chi connectivity index (χ2v) is 11.8. The van der Waals surface area contributed by atoms with Crippen molar-refractivity contribution in [2.45, 2.75) is 51.2 Å². The molecular formula is C26H32ClN3O6S. The standard InChI is InChI=1S/C26H32ClN3O6S/c1-18(26(32)28-21-5-3-4-6-21)29(16-19-7-9-20(27)10-8-19)25(31)17-30(37(2,33)34)22-11-12-23-24(15-22)36-14-13-35-23/h7-12,15,18,21H,3-6,13-14,16-17H2,1-2H3,(H,28,32)/t18-/m1/s1. The second kappa shape index (κ2) is 11.6. The highest BCUT2D eigenvalue weighted by atomic mass is 35.5. The molecule has 0 spiro atoms. The third kappa shape index (κ3) is 6.87. The van der Waals surface area contributed by atoms with Crippen LogP contribution in [-0.2, 0) is 26.2 Å². The lowest BCUT2D eigenvalue weighted by atomic mass is 10.1. The molecule has 0 unspecified atom stereocenters. The first kappa shape index (κ1) is 27.1. The van der Waals surface area contributed by atoms with Gasteiger partial charge in [-0.25, -0.2) is 8.42 Å². The number of nitrogens with one attached hydrogen (secondary N) is 1. The molecule has 1 heterocycles. The van der Waals surface area contributed by atoms with Crippen molar-refractivity contribution in [3.05, 3.63) is 53.1 Å². The monoisotopic (exact) mass is 549 g/mol. The maximum absolute atomic E-state index is 13.7. The van der Waals surface area contributed by atoms with E-state index in [-0.39, 0.29) is 24.2 Å². The molecule has 2 aliphatic rings. The van der Waals surface area contributed by atoms with Crippen LogP contribution in [0.2, 0.25) is 5.02 Å². The highest BCUT2D eigenvalue weighted by Crippen LogP contribution is 2.34. The van der Waals surface area contributed by atoms with Gasteiger partial charge in [0.1, 0.15) is 25.8 Å². The molecule has 4 rings (SSSR count). The fraction of sp³-hybridized carbons (Fsp3) is 0.462. The molecule has 1 N–H and O–H groups in total. The van der Waals surface area contributed by atoms with Crippen molar-refractivity contribution < 1.29 is 27.5 Å². The van der Waals surface area contributed by atoms with Gasteiger partial charge in [-0.15, -0.1) is 0 Å². The van der Waals surface area contributed by atoms with Crippen LogP contribution in [0.3, 0.4) is 0 Å². The van der Waals surface area contributed by atoms with E-state index >= 15 is 0 Å². The van der Waals surface area contributed by atoms with E-state index in [9.17, 15) is 18.0 Å². The molecule has 2 aromatic carbocycles. The number of sulfonamides is 1. The number of halogens is 1. The molecule has 1 saturated carbocycles. The van der Waals surface area contributed by atoms with Gasteiger partial charge in [0.25, 0.3) is 0 Å². The van der Waals surface area contributed by atoms with E-state index in [1.165, 1.54) is 4.90 Å². The molecule has 1 aliphatic heterocycles. The van der Waals surface area contributed by atoms with Crippen molar-refractivity contribution in [2.24, 2.45) is 0 Å². The number of nitrogens with zero attached hydrogens (tertiary/aromatic N) is 2. The number of amides is 2. The summed E-state index contributed by atoms with van der Waals surface area (Å²) in [7, 11) is -3.84. The Morgan fingerprint density at radius 3 is 2.35 bits per heavy atom. The molecular weight excluding hydrogens is 518 g/mol. The molecule has 1 aliphatic carbocycles. The minimum Gasteiger partial charge on any atom is -0.486 e. The zero-order chi connectivity index (χ0) is 26.6. The molecule has 200 valence electrons. The Kier molecular flexibility index (Phi) is 8.49. The zero-order valence-electron chi connectivity index (χ0n) is 21.0.